The van der Waals surface area contributed by atoms with E-state index in [4.69, 9.17) is 15.5 Å². The zero-order valence-electron chi connectivity index (χ0n) is 16.0. The van der Waals surface area contributed by atoms with Gasteiger partial charge in [-0.1, -0.05) is 0 Å². The van der Waals surface area contributed by atoms with Gasteiger partial charge in [0.1, 0.15) is 0 Å². The predicted molar refractivity (Wildman–Crippen MR) is 109 cm³/mol. The van der Waals surface area contributed by atoms with Gasteiger partial charge < -0.3 is 10.5 Å². The van der Waals surface area contributed by atoms with Crippen molar-refractivity contribution in [3.05, 3.63) is 36.3 Å². The van der Waals surface area contributed by atoms with E-state index in [1.807, 2.05) is 18.5 Å². The molecule has 3 aromatic rings. The van der Waals surface area contributed by atoms with Crippen molar-refractivity contribution in [1.29, 1.82) is 0 Å². The maximum atomic E-state index is 5.69. The van der Waals surface area contributed by atoms with Gasteiger partial charge in [-0.3, -0.25) is 0 Å². The summed E-state index contributed by atoms with van der Waals surface area (Å²) in [5.41, 5.74) is 11.2. The van der Waals surface area contributed by atoms with Crippen LogP contribution in [0, 0.1) is 11.8 Å². The topological polar surface area (TPSA) is 90.7 Å². The standard InChI is InChI=1S/C21H24N6O/c1-13-15(8-14-3-6-28-7-4-14)9-16-10-17(11-23-20(16)25-13)18-2-5-27-19(18)12-24-21(22)26-27/h2,5,10-12,14-15H,3-4,6-9H2,1H3,(H2,22,26)/t15-/m0/s1. The fourth-order valence-electron chi connectivity index (χ4n) is 4.37. The number of nitrogen functional groups attached to an aromatic ring is 1. The van der Waals surface area contributed by atoms with Crippen molar-refractivity contribution in [2.75, 3.05) is 18.9 Å². The zero-order valence-corrected chi connectivity index (χ0v) is 16.0. The largest absolute Gasteiger partial charge is 0.381 e. The summed E-state index contributed by atoms with van der Waals surface area (Å²) in [5.74, 6) is 2.34. The number of ether oxygens (including phenoxy) is 1. The molecule has 2 aliphatic rings. The molecule has 0 unspecified atom stereocenters. The Hall–Kier alpha value is -2.80. The highest BCUT2D eigenvalue weighted by molar-refractivity contribution is 5.89. The molecule has 0 aliphatic carbocycles. The first-order valence-corrected chi connectivity index (χ1v) is 9.89. The van der Waals surface area contributed by atoms with Crippen LogP contribution in [0.2, 0.25) is 0 Å². The predicted octanol–water partition coefficient (Wildman–Crippen LogP) is 3.45. The van der Waals surface area contributed by atoms with Gasteiger partial charge in [-0.05, 0) is 56.2 Å². The number of nitrogens with two attached hydrogens (primary N) is 1. The molecule has 7 nitrogen and oxygen atoms in total. The van der Waals surface area contributed by atoms with Gasteiger partial charge in [0, 0.05) is 48.4 Å². The van der Waals surface area contributed by atoms with E-state index in [1.54, 1.807) is 10.7 Å². The molecule has 2 N–H and O–H groups in total. The monoisotopic (exact) mass is 376 g/mol. The highest BCUT2D eigenvalue weighted by Gasteiger charge is 2.26. The maximum Gasteiger partial charge on any atom is 0.238 e. The summed E-state index contributed by atoms with van der Waals surface area (Å²) < 4.78 is 7.27. The third-order valence-corrected chi connectivity index (χ3v) is 5.99. The average molecular weight is 376 g/mol. The fourth-order valence-corrected chi connectivity index (χ4v) is 4.37. The third-order valence-electron chi connectivity index (χ3n) is 5.99. The normalized spacial score (nSPS) is 20.2. The molecule has 0 bridgehead atoms. The Labute approximate surface area is 163 Å². The molecule has 7 heteroatoms. The molecule has 1 saturated heterocycles. The first-order chi connectivity index (χ1) is 13.7. The first-order valence-electron chi connectivity index (χ1n) is 9.89. The lowest BCUT2D eigenvalue weighted by atomic mass is 9.82. The molecule has 0 spiro atoms. The Balaban J connectivity index is 1.44. The summed E-state index contributed by atoms with van der Waals surface area (Å²) >= 11 is 0. The minimum absolute atomic E-state index is 0.263. The van der Waals surface area contributed by atoms with Crippen molar-refractivity contribution < 1.29 is 4.74 Å². The SMILES string of the molecule is CC1=Nc2ncc(-c3ccn4nc(N)ncc34)cc2C[C@@H]1CC1CCOCC1. The molecule has 5 heterocycles. The third kappa shape index (κ3) is 3.16. The number of pyridine rings is 1. The van der Waals surface area contributed by atoms with Gasteiger partial charge in [0.25, 0.3) is 0 Å². The summed E-state index contributed by atoms with van der Waals surface area (Å²) in [6.45, 7) is 3.93. The molecule has 1 fully saturated rings. The summed E-state index contributed by atoms with van der Waals surface area (Å²) in [4.78, 5) is 13.6. The number of aromatic nitrogens is 4. The Morgan fingerprint density at radius 3 is 2.93 bits per heavy atom. The maximum absolute atomic E-state index is 5.69. The van der Waals surface area contributed by atoms with Crippen molar-refractivity contribution in [1.82, 2.24) is 19.6 Å². The summed E-state index contributed by atoms with van der Waals surface area (Å²) in [6.07, 6.45) is 10.1. The molecule has 0 saturated carbocycles. The van der Waals surface area contributed by atoms with E-state index >= 15 is 0 Å². The van der Waals surface area contributed by atoms with Crippen LogP contribution in [-0.2, 0) is 11.2 Å². The van der Waals surface area contributed by atoms with E-state index in [9.17, 15) is 0 Å². The average Bonchev–Trinajstić information content (AvgIpc) is 3.12. The van der Waals surface area contributed by atoms with Gasteiger partial charge in [0.2, 0.25) is 5.95 Å². The summed E-state index contributed by atoms with van der Waals surface area (Å²) in [5, 5.41) is 4.23. The van der Waals surface area contributed by atoms with E-state index < -0.39 is 0 Å². The van der Waals surface area contributed by atoms with Gasteiger partial charge >= 0.3 is 0 Å². The van der Waals surface area contributed by atoms with Crippen molar-refractivity contribution in [2.24, 2.45) is 16.8 Å². The summed E-state index contributed by atoms with van der Waals surface area (Å²) in [6, 6.07) is 4.25. The Kier molecular flexibility index (Phi) is 4.31. The minimum atomic E-state index is 0.263. The molecular weight excluding hydrogens is 352 g/mol. The van der Waals surface area contributed by atoms with Crippen LogP contribution in [-0.4, -0.2) is 38.5 Å². The number of rotatable bonds is 3. The second-order valence-electron chi connectivity index (χ2n) is 7.83. The van der Waals surface area contributed by atoms with Crippen molar-refractivity contribution >= 4 is 23.0 Å². The quantitative estimate of drug-likeness (QED) is 0.756. The molecule has 0 aromatic carbocycles. The van der Waals surface area contributed by atoms with Gasteiger partial charge in [0.15, 0.2) is 5.82 Å². The molecule has 28 heavy (non-hydrogen) atoms. The van der Waals surface area contributed by atoms with E-state index in [0.717, 1.165) is 60.9 Å². The molecule has 0 radical (unpaired) electrons. The molecule has 2 aliphatic heterocycles. The molecular formula is C21H24N6O. The molecule has 144 valence electrons. The van der Waals surface area contributed by atoms with Crippen molar-refractivity contribution in [2.45, 2.75) is 32.6 Å². The van der Waals surface area contributed by atoms with Crippen LogP contribution in [0.25, 0.3) is 16.6 Å². The smallest absolute Gasteiger partial charge is 0.238 e. The van der Waals surface area contributed by atoms with Gasteiger partial charge in [-0.15, -0.1) is 5.10 Å². The lowest BCUT2D eigenvalue weighted by Gasteiger charge is -2.29. The highest BCUT2D eigenvalue weighted by atomic mass is 16.5. The second kappa shape index (κ2) is 6.98. The molecule has 3 aromatic heterocycles. The number of fused-ring (bicyclic) bond motifs is 2. The van der Waals surface area contributed by atoms with Crippen LogP contribution in [0.5, 0.6) is 0 Å². The fraction of sp³-hybridized carbons (Fsp3) is 0.429. The molecule has 5 rings (SSSR count). The Morgan fingerprint density at radius 1 is 1.21 bits per heavy atom. The Morgan fingerprint density at radius 2 is 2.07 bits per heavy atom. The van der Waals surface area contributed by atoms with E-state index in [0.29, 0.717) is 5.92 Å². The Bertz CT molecular complexity index is 1050. The number of aliphatic imine (C=N–C) groups is 1. The van der Waals surface area contributed by atoms with Gasteiger partial charge in [-0.2, -0.15) is 0 Å². The molecule has 1 atom stereocenters. The van der Waals surface area contributed by atoms with Crippen molar-refractivity contribution in [3.63, 3.8) is 0 Å². The van der Waals surface area contributed by atoms with E-state index in [1.165, 1.54) is 17.7 Å². The highest BCUT2D eigenvalue weighted by Crippen LogP contribution is 2.35. The van der Waals surface area contributed by atoms with Crippen LogP contribution < -0.4 is 5.73 Å². The van der Waals surface area contributed by atoms with Gasteiger partial charge in [0.05, 0.1) is 11.7 Å². The zero-order chi connectivity index (χ0) is 19.1. The van der Waals surface area contributed by atoms with Crippen LogP contribution in [0.15, 0.2) is 35.7 Å². The van der Waals surface area contributed by atoms with E-state index in [-0.39, 0.29) is 5.95 Å². The number of hydrogen-bond acceptors (Lipinski definition) is 6. The lowest BCUT2D eigenvalue weighted by molar-refractivity contribution is 0.0612. The number of hydrogen-bond donors (Lipinski definition) is 1. The number of anilines is 1. The van der Waals surface area contributed by atoms with Crippen LogP contribution in [0.4, 0.5) is 11.8 Å². The lowest BCUT2D eigenvalue weighted by Crippen LogP contribution is -2.25. The molecule has 0 amide bonds. The van der Waals surface area contributed by atoms with Crippen LogP contribution in [0.1, 0.15) is 31.7 Å². The first kappa shape index (κ1) is 17.3. The minimum Gasteiger partial charge on any atom is -0.381 e. The summed E-state index contributed by atoms with van der Waals surface area (Å²) in [7, 11) is 0. The van der Waals surface area contributed by atoms with Crippen molar-refractivity contribution in [3.8, 4) is 11.1 Å². The van der Waals surface area contributed by atoms with Crippen LogP contribution >= 0.6 is 0 Å². The van der Waals surface area contributed by atoms with E-state index in [2.05, 4.69) is 28.1 Å². The van der Waals surface area contributed by atoms with Crippen LogP contribution in [0.3, 0.4) is 0 Å². The van der Waals surface area contributed by atoms with Gasteiger partial charge in [-0.25, -0.2) is 19.5 Å². The second-order valence-corrected chi connectivity index (χ2v) is 7.83. The number of nitrogens with zero attached hydrogens (tertiary/aromatic N) is 5.